The molecule has 0 fully saturated rings. The zero-order valence-electron chi connectivity index (χ0n) is 20.0. The molecule has 0 saturated heterocycles. The maximum Gasteiger partial charge on any atom is 0.259 e. The minimum absolute atomic E-state index is 0.101. The van der Waals surface area contributed by atoms with E-state index < -0.39 is 0 Å². The number of fused-ring (bicyclic) bond motifs is 1. The summed E-state index contributed by atoms with van der Waals surface area (Å²) in [5, 5.41) is 7.17. The first-order valence-electron chi connectivity index (χ1n) is 11.5. The Labute approximate surface area is 213 Å². The molecule has 4 rings (SSSR count). The van der Waals surface area contributed by atoms with Gasteiger partial charge in [-0.15, -0.1) is 0 Å². The number of nitrogens with one attached hydrogen (secondary N) is 2. The van der Waals surface area contributed by atoms with Gasteiger partial charge in [0.2, 0.25) is 5.91 Å². The fourth-order valence-electron chi connectivity index (χ4n) is 3.45. The molecule has 36 heavy (non-hydrogen) atoms. The number of thioether (sulfide) groups is 1. The minimum Gasteiger partial charge on any atom is -0.493 e. The molecule has 0 aliphatic heterocycles. The topological polar surface area (TPSA) is 102 Å². The Kier molecular flexibility index (Phi) is 8.36. The van der Waals surface area contributed by atoms with Gasteiger partial charge in [0.05, 0.1) is 35.7 Å². The molecular formula is C27H26N4O4S. The third kappa shape index (κ3) is 6.31. The number of rotatable bonds is 10. The van der Waals surface area contributed by atoms with Crippen molar-refractivity contribution in [2.75, 3.05) is 29.6 Å². The summed E-state index contributed by atoms with van der Waals surface area (Å²) >= 11 is 1.24. The molecule has 0 spiro atoms. The Morgan fingerprint density at radius 1 is 0.889 bits per heavy atom. The van der Waals surface area contributed by atoms with E-state index in [-0.39, 0.29) is 17.6 Å². The first-order chi connectivity index (χ1) is 17.6. The largest absolute Gasteiger partial charge is 0.493 e. The number of benzene rings is 3. The molecule has 0 unspecified atom stereocenters. The number of carbonyl (C=O) groups excluding carboxylic acids is 2. The average molecular weight is 503 g/mol. The van der Waals surface area contributed by atoms with Crippen LogP contribution in [-0.4, -0.2) is 40.7 Å². The van der Waals surface area contributed by atoms with Crippen molar-refractivity contribution in [3.05, 3.63) is 78.5 Å². The van der Waals surface area contributed by atoms with E-state index in [1.807, 2.05) is 56.3 Å². The van der Waals surface area contributed by atoms with Crippen LogP contribution in [0.2, 0.25) is 0 Å². The van der Waals surface area contributed by atoms with E-state index in [0.717, 1.165) is 10.9 Å². The quantitative estimate of drug-likeness (QED) is 0.221. The van der Waals surface area contributed by atoms with Gasteiger partial charge in [-0.25, -0.2) is 9.97 Å². The lowest BCUT2D eigenvalue weighted by Gasteiger charge is -2.17. The third-order valence-corrected chi connectivity index (χ3v) is 5.89. The van der Waals surface area contributed by atoms with Crippen LogP contribution in [0.4, 0.5) is 11.4 Å². The van der Waals surface area contributed by atoms with Crippen LogP contribution in [0.15, 0.2) is 78.1 Å². The van der Waals surface area contributed by atoms with E-state index in [0.29, 0.717) is 46.8 Å². The summed E-state index contributed by atoms with van der Waals surface area (Å²) < 4.78 is 11.5. The summed E-state index contributed by atoms with van der Waals surface area (Å²) in [6.45, 7) is 4.37. The monoisotopic (exact) mass is 502 g/mol. The van der Waals surface area contributed by atoms with Crippen LogP contribution in [0.1, 0.15) is 24.2 Å². The van der Waals surface area contributed by atoms with Crippen molar-refractivity contribution < 1.29 is 19.1 Å². The molecule has 0 radical (unpaired) electrons. The molecule has 2 amide bonds. The summed E-state index contributed by atoms with van der Waals surface area (Å²) in [5.74, 6) is 0.216. The number of nitrogens with zero attached hydrogens (tertiary/aromatic N) is 2. The highest BCUT2D eigenvalue weighted by atomic mass is 32.2. The van der Waals surface area contributed by atoms with Crippen LogP contribution < -0.4 is 20.1 Å². The van der Waals surface area contributed by atoms with Crippen molar-refractivity contribution in [2.24, 2.45) is 0 Å². The van der Waals surface area contributed by atoms with Crippen LogP contribution in [0.3, 0.4) is 0 Å². The molecule has 3 aromatic carbocycles. The lowest BCUT2D eigenvalue weighted by atomic mass is 10.1. The van der Waals surface area contributed by atoms with Crippen LogP contribution in [0, 0.1) is 0 Å². The molecule has 0 bridgehead atoms. The van der Waals surface area contributed by atoms with Crippen molar-refractivity contribution in [3.63, 3.8) is 0 Å². The number of hydrogen-bond donors (Lipinski definition) is 2. The highest BCUT2D eigenvalue weighted by Crippen LogP contribution is 2.34. The Morgan fingerprint density at radius 3 is 2.39 bits per heavy atom. The van der Waals surface area contributed by atoms with E-state index in [1.54, 1.807) is 30.5 Å². The zero-order chi connectivity index (χ0) is 25.3. The Hall–Kier alpha value is -4.11. The van der Waals surface area contributed by atoms with Crippen LogP contribution >= 0.6 is 11.8 Å². The molecular weight excluding hydrogens is 476 g/mol. The van der Waals surface area contributed by atoms with Crippen molar-refractivity contribution in [1.29, 1.82) is 0 Å². The number of anilines is 2. The van der Waals surface area contributed by atoms with Gasteiger partial charge in [-0.3, -0.25) is 9.59 Å². The number of aromatic nitrogens is 2. The SMILES string of the molecule is CCOc1cc(C(=O)Nc2ccccc2)c(OCC)cc1NC(=O)CSc1ncc2ccccc2n1. The molecule has 0 atom stereocenters. The standard InChI is InChI=1S/C27H26N4O4S/c1-3-34-23-15-22(24(35-4-2)14-20(23)26(33)29-19-11-6-5-7-12-19)30-25(32)17-36-27-28-16-18-10-8-9-13-21(18)31-27/h5-16H,3-4,17H2,1-2H3,(H,29,33)(H,30,32). The van der Waals surface area contributed by atoms with Crippen LogP contribution in [0.25, 0.3) is 10.9 Å². The van der Waals surface area contributed by atoms with E-state index in [2.05, 4.69) is 20.6 Å². The summed E-state index contributed by atoms with van der Waals surface area (Å²) in [5.41, 5.74) is 2.20. The summed E-state index contributed by atoms with van der Waals surface area (Å²) in [4.78, 5) is 34.6. The number of carbonyl (C=O) groups is 2. The highest BCUT2D eigenvalue weighted by molar-refractivity contribution is 7.99. The van der Waals surface area contributed by atoms with Crippen molar-refractivity contribution in [2.45, 2.75) is 19.0 Å². The van der Waals surface area contributed by atoms with Crippen molar-refractivity contribution in [1.82, 2.24) is 9.97 Å². The molecule has 0 aliphatic carbocycles. The predicted octanol–water partition coefficient (Wildman–Crippen LogP) is 5.41. The molecule has 0 saturated carbocycles. The molecule has 8 nitrogen and oxygen atoms in total. The van der Waals surface area contributed by atoms with Gasteiger partial charge >= 0.3 is 0 Å². The first-order valence-corrected chi connectivity index (χ1v) is 12.5. The number of hydrogen-bond acceptors (Lipinski definition) is 7. The second kappa shape index (κ2) is 12.0. The van der Waals surface area contributed by atoms with Crippen molar-refractivity contribution >= 4 is 45.9 Å². The van der Waals surface area contributed by atoms with Gasteiger partial charge in [0, 0.05) is 23.3 Å². The van der Waals surface area contributed by atoms with Gasteiger partial charge in [-0.2, -0.15) is 0 Å². The summed E-state index contributed by atoms with van der Waals surface area (Å²) in [6, 6.07) is 20.0. The van der Waals surface area contributed by atoms with Crippen LogP contribution in [-0.2, 0) is 4.79 Å². The van der Waals surface area contributed by atoms with Crippen molar-refractivity contribution in [3.8, 4) is 11.5 Å². The molecule has 9 heteroatoms. The number of ether oxygens (including phenoxy) is 2. The van der Waals surface area contributed by atoms with Gasteiger partial charge < -0.3 is 20.1 Å². The maximum atomic E-state index is 13.0. The fraction of sp³-hybridized carbons (Fsp3) is 0.185. The van der Waals surface area contributed by atoms with Gasteiger partial charge in [0.15, 0.2) is 5.16 Å². The fourth-order valence-corrected chi connectivity index (χ4v) is 4.07. The Morgan fingerprint density at radius 2 is 1.61 bits per heavy atom. The molecule has 1 heterocycles. The Bertz CT molecular complexity index is 1360. The Balaban J connectivity index is 1.51. The molecule has 184 valence electrons. The van der Waals surface area contributed by atoms with E-state index >= 15 is 0 Å². The summed E-state index contributed by atoms with van der Waals surface area (Å²) in [7, 11) is 0. The third-order valence-electron chi connectivity index (χ3n) is 5.03. The second-order valence-electron chi connectivity index (χ2n) is 7.58. The average Bonchev–Trinajstić information content (AvgIpc) is 2.89. The van der Waals surface area contributed by atoms with Crippen LogP contribution in [0.5, 0.6) is 11.5 Å². The van der Waals surface area contributed by atoms with E-state index in [1.165, 1.54) is 11.8 Å². The minimum atomic E-state index is -0.340. The first kappa shape index (κ1) is 25.0. The lowest BCUT2D eigenvalue weighted by Crippen LogP contribution is -2.18. The maximum absolute atomic E-state index is 13.0. The molecule has 1 aromatic heterocycles. The van der Waals surface area contributed by atoms with E-state index in [4.69, 9.17) is 9.47 Å². The van der Waals surface area contributed by atoms with Gasteiger partial charge in [-0.1, -0.05) is 48.2 Å². The smallest absolute Gasteiger partial charge is 0.259 e. The number of para-hydroxylation sites is 2. The lowest BCUT2D eigenvalue weighted by molar-refractivity contribution is -0.113. The van der Waals surface area contributed by atoms with Gasteiger partial charge in [0.25, 0.3) is 5.91 Å². The molecule has 4 aromatic rings. The predicted molar refractivity (Wildman–Crippen MR) is 142 cm³/mol. The molecule has 0 aliphatic rings. The second-order valence-corrected chi connectivity index (χ2v) is 8.52. The van der Waals surface area contributed by atoms with Gasteiger partial charge in [0.1, 0.15) is 11.5 Å². The zero-order valence-corrected chi connectivity index (χ0v) is 20.8. The van der Waals surface area contributed by atoms with Gasteiger partial charge in [-0.05, 0) is 38.1 Å². The normalized spacial score (nSPS) is 10.6. The number of amides is 2. The highest BCUT2D eigenvalue weighted by Gasteiger charge is 2.19. The summed E-state index contributed by atoms with van der Waals surface area (Å²) in [6.07, 6.45) is 1.74. The van der Waals surface area contributed by atoms with E-state index in [9.17, 15) is 9.59 Å². The molecule has 2 N–H and O–H groups in total.